The predicted octanol–water partition coefficient (Wildman–Crippen LogP) is 6.32. The normalized spacial score (nSPS) is 18.9. The standard InChI is InChI=1S/C28H31Cl2N3O3/c1-28(2,3)36-27(35)32-11-9-22(10-12-32)33-13-8-20(26(33)34)14-23-24(29)15-21(16-25(23)30)19-6-4-18(17-31)5-7-19/h4-7,15-16,20,22H,8-14H2,1-3H3/t20-/m0/s1. The van der Waals surface area contributed by atoms with Gasteiger partial charge in [0.25, 0.3) is 0 Å². The van der Waals surface area contributed by atoms with Crippen LogP contribution in [0.15, 0.2) is 36.4 Å². The van der Waals surface area contributed by atoms with E-state index in [2.05, 4.69) is 6.07 Å². The molecule has 8 heteroatoms. The van der Waals surface area contributed by atoms with E-state index < -0.39 is 5.60 Å². The van der Waals surface area contributed by atoms with Crippen LogP contribution in [0.2, 0.25) is 10.0 Å². The van der Waals surface area contributed by atoms with E-state index in [1.54, 1.807) is 17.0 Å². The molecule has 36 heavy (non-hydrogen) atoms. The summed E-state index contributed by atoms with van der Waals surface area (Å²) in [5.74, 6) is -0.0290. The van der Waals surface area contributed by atoms with Crippen LogP contribution in [0.5, 0.6) is 0 Å². The fourth-order valence-electron chi connectivity index (χ4n) is 4.95. The van der Waals surface area contributed by atoms with Crippen molar-refractivity contribution in [2.24, 2.45) is 5.92 Å². The van der Waals surface area contributed by atoms with Crippen molar-refractivity contribution in [3.8, 4) is 17.2 Å². The summed E-state index contributed by atoms with van der Waals surface area (Å²) in [5.41, 5.74) is 2.65. The predicted molar refractivity (Wildman–Crippen MR) is 141 cm³/mol. The maximum absolute atomic E-state index is 13.3. The summed E-state index contributed by atoms with van der Waals surface area (Å²) in [6, 6.07) is 13.2. The van der Waals surface area contributed by atoms with Crippen molar-refractivity contribution in [1.29, 1.82) is 5.26 Å². The molecule has 2 fully saturated rings. The van der Waals surface area contributed by atoms with Gasteiger partial charge in [0.05, 0.1) is 11.6 Å². The first-order valence-corrected chi connectivity index (χ1v) is 13.1. The Balaban J connectivity index is 1.38. The smallest absolute Gasteiger partial charge is 0.410 e. The van der Waals surface area contributed by atoms with Crippen molar-refractivity contribution in [1.82, 2.24) is 9.80 Å². The lowest BCUT2D eigenvalue weighted by Gasteiger charge is -2.37. The van der Waals surface area contributed by atoms with Gasteiger partial charge in [-0.2, -0.15) is 5.26 Å². The van der Waals surface area contributed by atoms with Crippen molar-refractivity contribution < 1.29 is 14.3 Å². The molecule has 2 heterocycles. The minimum atomic E-state index is -0.519. The summed E-state index contributed by atoms with van der Waals surface area (Å²) >= 11 is 13.3. The lowest BCUT2D eigenvalue weighted by molar-refractivity contribution is -0.133. The van der Waals surface area contributed by atoms with Gasteiger partial charge in [0.1, 0.15) is 5.60 Å². The molecule has 0 unspecified atom stereocenters. The molecule has 1 atom stereocenters. The molecule has 2 aromatic carbocycles. The van der Waals surface area contributed by atoms with Crippen LogP contribution in [0, 0.1) is 17.2 Å². The minimum Gasteiger partial charge on any atom is -0.444 e. The van der Waals surface area contributed by atoms with E-state index >= 15 is 0 Å². The minimum absolute atomic E-state index is 0.130. The van der Waals surface area contributed by atoms with E-state index in [1.807, 2.05) is 49.9 Å². The van der Waals surface area contributed by atoms with Gasteiger partial charge in [-0.25, -0.2) is 4.79 Å². The van der Waals surface area contributed by atoms with Crippen LogP contribution in [0.25, 0.3) is 11.1 Å². The SMILES string of the molecule is CC(C)(C)OC(=O)N1CCC(N2CC[C@@H](Cc3c(Cl)cc(-c4ccc(C#N)cc4)cc3Cl)C2=O)CC1. The molecule has 2 saturated heterocycles. The van der Waals surface area contributed by atoms with Gasteiger partial charge in [-0.3, -0.25) is 4.79 Å². The molecule has 2 aliphatic heterocycles. The fourth-order valence-corrected chi connectivity index (χ4v) is 5.59. The van der Waals surface area contributed by atoms with E-state index in [0.29, 0.717) is 41.7 Å². The Kier molecular flexibility index (Phi) is 7.82. The molecule has 6 nitrogen and oxygen atoms in total. The first-order chi connectivity index (χ1) is 17.1. The number of carbonyl (C=O) groups excluding carboxylic acids is 2. The first-order valence-electron chi connectivity index (χ1n) is 12.3. The number of ether oxygens (including phenoxy) is 1. The van der Waals surface area contributed by atoms with E-state index in [9.17, 15) is 9.59 Å². The van der Waals surface area contributed by atoms with Crippen molar-refractivity contribution in [3.05, 3.63) is 57.6 Å². The molecule has 0 bridgehead atoms. The Morgan fingerprint density at radius 1 is 1.03 bits per heavy atom. The highest BCUT2D eigenvalue weighted by Gasteiger charge is 2.38. The molecular weight excluding hydrogens is 497 g/mol. The van der Waals surface area contributed by atoms with Gasteiger partial charge < -0.3 is 14.5 Å². The summed E-state index contributed by atoms with van der Waals surface area (Å²) in [4.78, 5) is 29.4. The van der Waals surface area contributed by atoms with E-state index in [4.69, 9.17) is 33.2 Å². The molecule has 0 N–H and O–H groups in total. The lowest BCUT2D eigenvalue weighted by Crippen LogP contribution is -2.48. The third kappa shape index (κ3) is 5.96. The summed E-state index contributed by atoms with van der Waals surface area (Å²) in [7, 11) is 0. The molecule has 2 amide bonds. The maximum atomic E-state index is 13.3. The summed E-state index contributed by atoms with van der Waals surface area (Å²) in [5, 5.41) is 10.1. The van der Waals surface area contributed by atoms with Crippen molar-refractivity contribution >= 4 is 35.2 Å². The Morgan fingerprint density at radius 3 is 2.19 bits per heavy atom. The number of halogens is 2. The average Bonchev–Trinajstić information content (AvgIpc) is 3.20. The number of hydrogen-bond donors (Lipinski definition) is 0. The number of nitrogens with zero attached hydrogens (tertiary/aromatic N) is 3. The zero-order valence-corrected chi connectivity index (χ0v) is 22.4. The fraction of sp³-hybridized carbons (Fsp3) is 0.464. The third-order valence-electron chi connectivity index (χ3n) is 6.85. The second-order valence-corrected chi connectivity index (χ2v) is 11.3. The molecule has 2 aromatic rings. The second kappa shape index (κ2) is 10.7. The maximum Gasteiger partial charge on any atom is 0.410 e. The van der Waals surface area contributed by atoms with Gasteiger partial charge in [0.2, 0.25) is 5.91 Å². The Morgan fingerprint density at radius 2 is 1.64 bits per heavy atom. The Hall–Kier alpha value is -2.75. The molecule has 0 spiro atoms. The van der Waals surface area contributed by atoms with Gasteiger partial charge in [0.15, 0.2) is 0 Å². The third-order valence-corrected chi connectivity index (χ3v) is 7.52. The number of hydrogen-bond acceptors (Lipinski definition) is 4. The molecular formula is C28H31Cl2N3O3. The van der Waals surface area contributed by atoms with Crippen molar-refractivity contribution in [3.63, 3.8) is 0 Å². The van der Waals surface area contributed by atoms with Gasteiger partial charge in [-0.1, -0.05) is 35.3 Å². The zero-order chi connectivity index (χ0) is 26.0. The molecule has 4 rings (SSSR count). The molecule has 0 aromatic heterocycles. The highest BCUT2D eigenvalue weighted by molar-refractivity contribution is 6.36. The number of nitriles is 1. The number of benzene rings is 2. The largest absolute Gasteiger partial charge is 0.444 e. The number of amides is 2. The Bertz CT molecular complexity index is 1150. The van der Waals surface area contributed by atoms with Crippen molar-refractivity contribution in [2.75, 3.05) is 19.6 Å². The summed E-state index contributed by atoms with van der Waals surface area (Å²) < 4.78 is 5.48. The van der Waals surface area contributed by atoms with Crippen LogP contribution in [0.4, 0.5) is 4.79 Å². The van der Waals surface area contributed by atoms with E-state index in [-0.39, 0.29) is 24.0 Å². The molecule has 0 saturated carbocycles. The van der Waals surface area contributed by atoms with Crippen molar-refractivity contribution in [2.45, 2.75) is 58.1 Å². The molecule has 190 valence electrons. The van der Waals surface area contributed by atoms with Crippen LogP contribution in [0.3, 0.4) is 0 Å². The van der Waals surface area contributed by atoms with Gasteiger partial charge in [-0.15, -0.1) is 0 Å². The second-order valence-electron chi connectivity index (χ2n) is 10.5. The quantitative estimate of drug-likeness (QED) is 0.466. The lowest BCUT2D eigenvalue weighted by atomic mass is 9.95. The van der Waals surface area contributed by atoms with Gasteiger partial charge in [0, 0.05) is 41.6 Å². The average molecular weight is 528 g/mol. The molecule has 0 radical (unpaired) electrons. The summed E-state index contributed by atoms with van der Waals surface area (Å²) in [6.45, 7) is 7.46. The molecule has 0 aliphatic carbocycles. The highest BCUT2D eigenvalue weighted by atomic mass is 35.5. The van der Waals surface area contributed by atoms with Crippen LogP contribution in [0.1, 0.15) is 51.2 Å². The van der Waals surface area contributed by atoms with Crippen LogP contribution >= 0.6 is 23.2 Å². The van der Waals surface area contributed by atoms with Crippen LogP contribution < -0.4 is 0 Å². The number of rotatable bonds is 4. The van der Waals surface area contributed by atoms with Crippen LogP contribution in [-0.2, 0) is 16.0 Å². The zero-order valence-electron chi connectivity index (χ0n) is 20.9. The number of piperidine rings is 1. The molecule has 2 aliphatic rings. The number of likely N-dealkylation sites (tertiary alicyclic amines) is 2. The monoisotopic (exact) mass is 527 g/mol. The van der Waals surface area contributed by atoms with Crippen LogP contribution in [-0.4, -0.2) is 53.1 Å². The summed E-state index contributed by atoms with van der Waals surface area (Å²) in [6.07, 6.45) is 2.46. The van der Waals surface area contributed by atoms with Gasteiger partial charge in [-0.05, 0) is 87.4 Å². The van der Waals surface area contributed by atoms with E-state index in [1.165, 1.54) is 0 Å². The number of carbonyl (C=O) groups is 2. The highest BCUT2D eigenvalue weighted by Crippen LogP contribution is 2.36. The Labute approximate surface area is 222 Å². The van der Waals surface area contributed by atoms with Gasteiger partial charge >= 0.3 is 6.09 Å². The van der Waals surface area contributed by atoms with E-state index in [0.717, 1.165) is 36.0 Å². The first kappa shape index (κ1) is 26.3. The topological polar surface area (TPSA) is 73.6 Å².